The number of hydrogen-bond acceptors (Lipinski definition) is 6. The minimum atomic E-state index is -3.66. The van der Waals surface area contributed by atoms with Crippen molar-refractivity contribution in [1.29, 1.82) is 0 Å². The van der Waals surface area contributed by atoms with E-state index in [0.29, 0.717) is 0 Å². The third kappa shape index (κ3) is 19.0. The zero-order valence-corrected chi connectivity index (χ0v) is 12.6. The fourth-order valence-corrected chi connectivity index (χ4v) is 0.453. The molecule has 0 aliphatic rings. The van der Waals surface area contributed by atoms with Gasteiger partial charge in [0.05, 0.1) is 11.5 Å². The van der Waals surface area contributed by atoms with Crippen molar-refractivity contribution in [2.24, 2.45) is 0 Å². The Bertz CT molecular complexity index is 507. The van der Waals surface area contributed by atoms with Crippen LogP contribution in [0.15, 0.2) is 24.3 Å². The fraction of sp³-hybridized carbons (Fsp3) is 0.400. The van der Waals surface area contributed by atoms with Crippen molar-refractivity contribution in [3.8, 4) is 11.5 Å². The molecule has 20 heavy (non-hydrogen) atoms. The summed E-state index contributed by atoms with van der Waals surface area (Å²) < 4.78 is 53.8. The topological polar surface area (TPSA) is 149 Å². The van der Waals surface area contributed by atoms with Gasteiger partial charge in [0.25, 0.3) is 20.2 Å². The van der Waals surface area contributed by atoms with Crippen LogP contribution in [-0.2, 0) is 20.2 Å². The number of aromatic hydroxyl groups is 2. The van der Waals surface area contributed by atoms with E-state index in [9.17, 15) is 16.8 Å². The second-order valence-corrected chi connectivity index (χ2v) is 6.74. The van der Waals surface area contributed by atoms with Gasteiger partial charge in [-0.05, 0) is 38.1 Å². The average Bonchev–Trinajstić information content (AvgIpc) is 2.33. The summed E-state index contributed by atoms with van der Waals surface area (Å²) in [6, 6.07) is 5.70. The summed E-state index contributed by atoms with van der Waals surface area (Å²) in [6.45, 7) is 2.74. The van der Waals surface area contributed by atoms with Crippen LogP contribution in [0.1, 0.15) is 13.8 Å². The van der Waals surface area contributed by atoms with Crippen LogP contribution in [0.2, 0.25) is 0 Å². The van der Waals surface area contributed by atoms with Crippen LogP contribution < -0.4 is 0 Å². The molecule has 0 heterocycles. The summed E-state index contributed by atoms with van der Waals surface area (Å²) in [5.41, 5.74) is 0. The number of phenolic OH excluding ortho intramolecular Hbond substituents is 2. The highest BCUT2D eigenvalue weighted by Gasteiger charge is 1.94. The van der Waals surface area contributed by atoms with E-state index in [-0.39, 0.29) is 23.0 Å². The molecule has 8 nitrogen and oxygen atoms in total. The normalized spacial score (nSPS) is 10.6. The van der Waals surface area contributed by atoms with Crippen LogP contribution in [0.25, 0.3) is 0 Å². The second-order valence-electron chi connectivity index (χ2n) is 3.26. The molecule has 0 saturated carbocycles. The summed E-state index contributed by atoms with van der Waals surface area (Å²) in [6.07, 6.45) is 0. The molecule has 1 aromatic carbocycles. The van der Waals surface area contributed by atoms with Gasteiger partial charge in [-0.25, -0.2) is 0 Å². The Kier molecular flexibility index (Phi) is 9.98. The van der Waals surface area contributed by atoms with Gasteiger partial charge >= 0.3 is 0 Å². The van der Waals surface area contributed by atoms with Crippen molar-refractivity contribution >= 4 is 20.2 Å². The Morgan fingerprint density at radius 3 is 1.00 bits per heavy atom. The highest BCUT2D eigenvalue weighted by atomic mass is 32.2. The Morgan fingerprint density at radius 2 is 0.900 bits per heavy atom. The maximum atomic E-state index is 9.56. The standard InChI is InChI=1S/C6H6O2.2C2H6O3S/c7-5-1-2-6(8)4-3-5;2*1-2-6(3,4)5/h1-4,7-8H;2*2H2,1H3,(H,3,4,5). The molecule has 1 rings (SSSR count). The van der Waals surface area contributed by atoms with E-state index in [2.05, 4.69) is 0 Å². The summed E-state index contributed by atoms with van der Waals surface area (Å²) in [5.74, 6) is -0.0643. The molecule has 0 bridgehead atoms. The fourth-order valence-electron chi connectivity index (χ4n) is 0.453. The number of benzene rings is 1. The molecule has 4 N–H and O–H groups in total. The third-order valence-electron chi connectivity index (χ3n) is 1.58. The minimum absolute atomic E-state index is 0.169. The Balaban J connectivity index is 0. The SMILES string of the molecule is CCS(=O)(=O)O.CCS(=O)(=O)O.Oc1ccc(O)cc1. The molecule has 0 fully saturated rings. The lowest BCUT2D eigenvalue weighted by atomic mass is 10.3. The summed E-state index contributed by atoms with van der Waals surface area (Å²) in [4.78, 5) is 0. The lowest BCUT2D eigenvalue weighted by molar-refractivity contribution is 0.460. The highest BCUT2D eigenvalue weighted by molar-refractivity contribution is 7.85. The number of rotatable bonds is 2. The van der Waals surface area contributed by atoms with Crippen molar-refractivity contribution in [3.63, 3.8) is 0 Å². The van der Waals surface area contributed by atoms with Gasteiger partial charge in [0.1, 0.15) is 11.5 Å². The van der Waals surface area contributed by atoms with E-state index in [1.807, 2.05) is 0 Å². The molecule has 0 aliphatic carbocycles. The van der Waals surface area contributed by atoms with Gasteiger partial charge in [-0.15, -0.1) is 0 Å². The Labute approximate surface area is 118 Å². The lowest BCUT2D eigenvalue weighted by Crippen LogP contribution is -1.97. The largest absolute Gasteiger partial charge is 0.508 e. The van der Waals surface area contributed by atoms with Gasteiger partial charge in [-0.2, -0.15) is 16.8 Å². The third-order valence-corrected chi connectivity index (χ3v) is 3.04. The molecular formula is C10H18O8S2. The van der Waals surface area contributed by atoms with Gasteiger partial charge in [0.15, 0.2) is 0 Å². The minimum Gasteiger partial charge on any atom is -0.508 e. The molecule has 0 spiro atoms. The van der Waals surface area contributed by atoms with Crippen molar-refractivity contribution in [2.75, 3.05) is 11.5 Å². The van der Waals surface area contributed by atoms with Crippen LogP contribution in [0.5, 0.6) is 11.5 Å². The highest BCUT2D eigenvalue weighted by Crippen LogP contribution is 2.13. The van der Waals surface area contributed by atoms with Crippen LogP contribution in [-0.4, -0.2) is 47.7 Å². The molecular weight excluding hydrogens is 312 g/mol. The van der Waals surface area contributed by atoms with Crippen LogP contribution in [0.3, 0.4) is 0 Å². The first kappa shape index (κ1) is 20.9. The van der Waals surface area contributed by atoms with E-state index in [1.165, 1.54) is 38.1 Å². The molecule has 1 aromatic rings. The smallest absolute Gasteiger partial charge is 0.264 e. The molecule has 118 valence electrons. The zero-order chi connectivity index (χ0) is 16.4. The van der Waals surface area contributed by atoms with Gasteiger partial charge in [0.2, 0.25) is 0 Å². The quantitative estimate of drug-likeness (QED) is 0.461. The molecule has 0 aromatic heterocycles. The van der Waals surface area contributed by atoms with Gasteiger partial charge in [-0.3, -0.25) is 9.11 Å². The van der Waals surface area contributed by atoms with Crippen molar-refractivity contribution < 1.29 is 36.2 Å². The van der Waals surface area contributed by atoms with E-state index in [4.69, 9.17) is 19.3 Å². The van der Waals surface area contributed by atoms with Gasteiger partial charge in [-0.1, -0.05) is 0 Å². The second kappa shape index (κ2) is 9.53. The van der Waals surface area contributed by atoms with Crippen molar-refractivity contribution in [2.45, 2.75) is 13.8 Å². The average molecular weight is 330 g/mol. The summed E-state index contributed by atoms with van der Waals surface area (Å²) in [5, 5.41) is 17.3. The Morgan fingerprint density at radius 1 is 0.750 bits per heavy atom. The summed E-state index contributed by atoms with van der Waals surface area (Å²) >= 11 is 0. The first-order chi connectivity index (χ1) is 8.91. The van der Waals surface area contributed by atoms with Gasteiger partial charge in [0, 0.05) is 0 Å². The lowest BCUT2D eigenvalue weighted by Gasteiger charge is -1.88. The molecule has 0 saturated heterocycles. The van der Waals surface area contributed by atoms with Crippen LogP contribution >= 0.6 is 0 Å². The summed E-state index contributed by atoms with van der Waals surface area (Å²) in [7, 11) is -7.32. The predicted octanol–water partition coefficient (Wildman–Crippen LogP) is 0.886. The zero-order valence-electron chi connectivity index (χ0n) is 11.0. The molecule has 0 radical (unpaired) electrons. The van der Waals surface area contributed by atoms with E-state index >= 15 is 0 Å². The molecule has 10 heteroatoms. The predicted molar refractivity (Wildman–Crippen MR) is 74.0 cm³/mol. The monoisotopic (exact) mass is 330 g/mol. The molecule has 0 amide bonds. The van der Waals surface area contributed by atoms with E-state index in [1.54, 1.807) is 0 Å². The van der Waals surface area contributed by atoms with Crippen molar-refractivity contribution in [3.05, 3.63) is 24.3 Å². The first-order valence-corrected chi connectivity index (χ1v) is 8.51. The number of hydrogen-bond donors (Lipinski definition) is 4. The number of phenols is 2. The van der Waals surface area contributed by atoms with Crippen LogP contribution in [0, 0.1) is 0 Å². The van der Waals surface area contributed by atoms with Crippen molar-refractivity contribution in [1.82, 2.24) is 0 Å². The molecule has 0 atom stereocenters. The van der Waals surface area contributed by atoms with E-state index in [0.717, 1.165) is 0 Å². The van der Waals surface area contributed by atoms with E-state index < -0.39 is 20.2 Å². The Hall–Kier alpha value is -1.36. The first-order valence-electron chi connectivity index (χ1n) is 5.29. The van der Waals surface area contributed by atoms with Gasteiger partial charge < -0.3 is 10.2 Å². The van der Waals surface area contributed by atoms with Crippen LogP contribution in [0.4, 0.5) is 0 Å². The maximum absolute atomic E-state index is 9.56. The maximum Gasteiger partial charge on any atom is 0.264 e. The molecule has 0 aliphatic heterocycles. The molecule has 0 unspecified atom stereocenters.